The van der Waals surface area contributed by atoms with Crippen LogP contribution in [0.4, 0.5) is 11.5 Å². The van der Waals surface area contributed by atoms with E-state index in [9.17, 15) is 10.1 Å². The summed E-state index contributed by atoms with van der Waals surface area (Å²) in [5.41, 5.74) is -0.234. The topological polar surface area (TPSA) is 99.4 Å². The fraction of sp³-hybridized carbons (Fsp3) is 0.636. The maximum absolute atomic E-state index is 11.1. The summed E-state index contributed by atoms with van der Waals surface area (Å²) in [6, 6.07) is 0. The van der Waals surface area contributed by atoms with Crippen LogP contribution in [0.15, 0.2) is 6.33 Å². The van der Waals surface area contributed by atoms with Crippen molar-refractivity contribution in [2.45, 2.75) is 25.9 Å². The summed E-state index contributed by atoms with van der Waals surface area (Å²) in [7, 11) is 0. The number of ether oxygens (including phenoxy) is 2. The van der Waals surface area contributed by atoms with E-state index in [4.69, 9.17) is 9.47 Å². The molecule has 1 aromatic heterocycles. The molecule has 1 aliphatic rings. The van der Waals surface area contributed by atoms with Crippen molar-refractivity contribution in [3.05, 3.63) is 16.4 Å². The van der Waals surface area contributed by atoms with Crippen molar-refractivity contribution in [2.75, 3.05) is 25.1 Å². The predicted molar refractivity (Wildman–Crippen MR) is 67.3 cm³/mol. The summed E-state index contributed by atoms with van der Waals surface area (Å²) in [5, 5.41) is 14.0. The number of hydrogen-bond acceptors (Lipinski definition) is 7. The van der Waals surface area contributed by atoms with Gasteiger partial charge in [0, 0.05) is 13.2 Å². The van der Waals surface area contributed by atoms with Crippen molar-refractivity contribution in [2.24, 2.45) is 0 Å². The SMILES string of the molecule is CCOc1ncnc(NCC2CCCO2)c1[N+](=O)[O-]. The van der Waals surface area contributed by atoms with Gasteiger partial charge in [-0.05, 0) is 19.8 Å². The first kappa shape index (κ1) is 13.5. The van der Waals surface area contributed by atoms with Gasteiger partial charge >= 0.3 is 5.69 Å². The van der Waals surface area contributed by atoms with E-state index in [-0.39, 0.29) is 23.5 Å². The molecule has 1 saturated heterocycles. The summed E-state index contributed by atoms with van der Waals surface area (Å²) >= 11 is 0. The lowest BCUT2D eigenvalue weighted by atomic mass is 10.2. The molecule has 0 amide bonds. The maximum atomic E-state index is 11.1. The third-order valence-electron chi connectivity index (χ3n) is 2.77. The molecule has 1 unspecified atom stereocenters. The molecule has 8 nitrogen and oxygen atoms in total. The molecule has 2 heterocycles. The zero-order valence-corrected chi connectivity index (χ0v) is 10.7. The minimum absolute atomic E-state index is 0.0164. The van der Waals surface area contributed by atoms with Crippen molar-refractivity contribution in [1.29, 1.82) is 0 Å². The molecule has 8 heteroatoms. The van der Waals surface area contributed by atoms with Gasteiger partial charge < -0.3 is 14.8 Å². The summed E-state index contributed by atoms with van der Waals surface area (Å²) in [4.78, 5) is 18.2. The second-order valence-electron chi connectivity index (χ2n) is 4.08. The Morgan fingerprint density at radius 3 is 3.11 bits per heavy atom. The lowest BCUT2D eigenvalue weighted by molar-refractivity contribution is -0.385. The maximum Gasteiger partial charge on any atom is 0.372 e. The van der Waals surface area contributed by atoms with Crippen LogP contribution in [0.2, 0.25) is 0 Å². The molecule has 1 N–H and O–H groups in total. The molecule has 1 atom stereocenters. The monoisotopic (exact) mass is 268 g/mol. The summed E-state index contributed by atoms with van der Waals surface area (Å²) in [6.07, 6.45) is 3.28. The average Bonchev–Trinajstić information content (AvgIpc) is 2.89. The Labute approximate surface area is 110 Å². The normalized spacial score (nSPS) is 18.3. The molecule has 19 heavy (non-hydrogen) atoms. The molecular formula is C11H16N4O4. The van der Waals surface area contributed by atoms with E-state index in [1.165, 1.54) is 6.33 Å². The van der Waals surface area contributed by atoms with Gasteiger partial charge in [0.05, 0.1) is 17.6 Å². The van der Waals surface area contributed by atoms with Crippen LogP contribution in [0.25, 0.3) is 0 Å². The van der Waals surface area contributed by atoms with E-state index in [0.29, 0.717) is 13.2 Å². The Morgan fingerprint density at radius 1 is 1.63 bits per heavy atom. The number of anilines is 1. The lowest BCUT2D eigenvalue weighted by Gasteiger charge is -2.12. The molecular weight excluding hydrogens is 252 g/mol. The molecule has 1 aromatic rings. The van der Waals surface area contributed by atoms with Gasteiger partial charge in [0.1, 0.15) is 6.33 Å². The van der Waals surface area contributed by atoms with E-state index in [1.54, 1.807) is 6.92 Å². The Morgan fingerprint density at radius 2 is 2.47 bits per heavy atom. The molecule has 0 spiro atoms. The van der Waals surface area contributed by atoms with Gasteiger partial charge in [-0.2, -0.15) is 4.98 Å². The number of nitro groups is 1. The molecule has 0 saturated carbocycles. The van der Waals surface area contributed by atoms with Crippen molar-refractivity contribution in [1.82, 2.24) is 9.97 Å². The zero-order valence-electron chi connectivity index (χ0n) is 10.7. The van der Waals surface area contributed by atoms with Crippen molar-refractivity contribution in [3.63, 3.8) is 0 Å². The minimum Gasteiger partial charge on any atom is -0.473 e. The standard InChI is InChI=1S/C11H16N4O4/c1-2-18-11-9(15(16)17)10(13-7-14-11)12-6-8-4-3-5-19-8/h7-8H,2-6H2,1H3,(H,12,13,14). The molecule has 0 bridgehead atoms. The van der Waals surface area contributed by atoms with E-state index >= 15 is 0 Å². The highest BCUT2D eigenvalue weighted by atomic mass is 16.6. The Hall–Kier alpha value is -1.96. The fourth-order valence-corrected chi connectivity index (χ4v) is 1.91. The molecule has 2 rings (SSSR count). The van der Waals surface area contributed by atoms with Crippen molar-refractivity contribution in [3.8, 4) is 5.88 Å². The van der Waals surface area contributed by atoms with E-state index in [2.05, 4.69) is 15.3 Å². The number of aromatic nitrogens is 2. The highest BCUT2D eigenvalue weighted by molar-refractivity contribution is 5.61. The second kappa shape index (κ2) is 6.28. The number of rotatable bonds is 6. The smallest absolute Gasteiger partial charge is 0.372 e. The number of hydrogen-bond donors (Lipinski definition) is 1. The summed E-state index contributed by atoms with van der Waals surface area (Å²) in [6.45, 7) is 3.28. The van der Waals surface area contributed by atoms with Gasteiger partial charge in [0.25, 0.3) is 5.88 Å². The molecule has 0 aromatic carbocycles. The average molecular weight is 268 g/mol. The quantitative estimate of drug-likeness (QED) is 0.614. The molecule has 104 valence electrons. The van der Waals surface area contributed by atoms with Gasteiger partial charge in [0.2, 0.25) is 5.82 Å². The van der Waals surface area contributed by atoms with Crippen LogP contribution in [-0.4, -0.2) is 40.8 Å². The fourth-order valence-electron chi connectivity index (χ4n) is 1.91. The van der Waals surface area contributed by atoms with E-state index in [0.717, 1.165) is 19.4 Å². The number of nitrogens with one attached hydrogen (secondary N) is 1. The summed E-state index contributed by atoms with van der Waals surface area (Å²) < 4.78 is 10.6. The molecule has 0 radical (unpaired) electrons. The van der Waals surface area contributed by atoms with E-state index in [1.807, 2.05) is 0 Å². The summed E-state index contributed by atoms with van der Waals surface area (Å²) in [5.74, 6) is 0.149. The first-order chi connectivity index (χ1) is 9.22. The molecule has 0 aliphatic carbocycles. The first-order valence-electron chi connectivity index (χ1n) is 6.20. The number of nitrogens with zero attached hydrogens (tertiary/aromatic N) is 3. The van der Waals surface area contributed by atoms with E-state index < -0.39 is 4.92 Å². The molecule has 1 fully saturated rings. The first-order valence-corrected chi connectivity index (χ1v) is 6.20. The van der Waals surface area contributed by atoms with Crippen LogP contribution in [0.5, 0.6) is 5.88 Å². The van der Waals surface area contributed by atoms with Crippen molar-refractivity contribution < 1.29 is 14.4 Å². The van der Waals surface area contributed by atoms with Gasteiger partial charge in [-0.25, -0.2) is 4.98 Å². The Bertz CT molecular complexity index is 448. The third-order valence-corrected chi connectivity index (χ3v) is 2.77. The van der Waals surface area contributed by atoms with Crippen LogP contribution in [0, 0.1) is 10.1 Å². The van der Waals surface area contributed by atoms with Gasteiger partial charge in [-0.15, -0.1) is 0 Å². The van der Waals surface area contributed by atoms with Gasteiger partial charge in [-0.1, -0.05) is 0 Å². The third kappa shape index (κ3) is 3.28. The van der Waals surface area contributed by atoms with Crippen LogP contribution < -0.4 is 10.1 Å². The van der Waals surface area contributed by atoms with Crippen LogP contribution in [-0.2, 0) is 4.74 Å². The largest absolute Gasteiger partial charge is 0.473 e. The van der Waals surface area contributed by atoms with Gasteiger partial charge in [-0.3, -0.25) is 10.1 Å². The van der Waals surface area contributed by atoms with Crippen LogP contribution >= 0.6 is 0 Å². The zero-order chi connectivity index (χ0) is 13.7. The Kier molecular flexibility index (Phi) is 4.45. The predicted octanol–water partition coefficient (Wildman–Crippen LogP) is 1.37. The minimum atomic E-state index is -0.539. The highest BCUT2D eigenvalue weighted by Gasteiger charge is 2.25. The highest BCUT2D eigenvalue weighted by Crippen LogP contribution is 2.30. The molecule has 1 aliphatic heterocycles. The Balaban J connectivity index is 2.13. The van der Waals surface area contributed by atoms with Crippen LogP contribution in [0.3, 0.4) is 0 Å². The lowest BCUT2D eigenvalue weighted by Crippen LogP contribution is -2.20. The second-order valence-corrected chi connectivity index (χ2v) is 4.08. The van der Waals surface area contributed by atoms with Gasteiger partial charge in [0.15, 0.2) is 0 Å². The van der Waals surface area contributed by atoms with Crippen LogP contribution in [0.1, 0.15) is 19.8 Å². The van der Waals surface area contributed by atoms with Crippen molar-refractivity contribution >= 4 is 11.5 Å².